The Morgan fingerprint density at radius 2 is 2.00 bits per heavy atom. The van der Waals surface area contributed by atoms with Crippen molar-refractivity contribution in [2.75, 3.05) is 13.6 Å². The summed E-state index contributed by atoms with van der Waals surface area (Å²) in [7, 11) is 2.32. The van der Waals surface area contributed by atoms with E-state index in [2.05, 4.69) is 25.8 Å². The molecule has 2 rings (SSSR count). The minimum Gasteiger partial charge on any atom is -0.329 e. The summed E-state index contributed by atoms with van der Waals surface area (Å²) in [6.07, 6.45) is 9.66. The van der Waals surface area contributed by atoms with Crippen molar-refractivity contribution in [2.45, 2.75) is 70.4 Å². The molecule has 0 aromatic heterocycles. The normalized spacial score (nSPS) is 34.6. The van der Waals surface area contributed by atoms with Gasteiger partial charge in [0.1, 0.15) is 0 Å². The van der Waals surface area contributed by atoms with Crippen LogP contribution < -0.4 is 5.73 Å². The Hall–Kier alpha value is -0.0800. The first kappa shape index (κ1) is 13.4. The van der Waals surface area contributed by atoms with Crippen LogP contribution in [0, 0.1) is 11.8 Å². The molecule has 2 heteroatoms. The summed E-state index contributed by atoms with van der Waals surface area (Å²) in [5.74, 6) is 1.74. The van der Waals surface area contributed by atoms with Gasteiger partial charge in [0, 0.05) is 18.1 Å². The molecule has 0 heterocycles. The molecule has 100 valence electrons. The quantitative estimate of drug-likeness (QED) is 0.798. The number of hydrogen-bond donors (Lipinski definition) is 1. The van der Waals surface area contributed by atoms with Crippen LogP contribution in [0.4, 0.5) is 0 Å². The SMILES string of the molecule is CC(C)CC1CCCC(CN)(N(C)C2CC2)C1. The maximum absolute atomic E-state index is 6.16. The van der Waals surface area contributed by atoms with E-state index in [0.717, 1.165) is 24.4 Å². The van der Waals surface area contributed by atoms with Gasteiger partial charge in [0.05, 0.1) is 0 Å². The monoisotopic (exact) mass is 238 g/mol. The van der Waals surface area contributed by atoms with Crippen molar-refractivity contribution in [2.24, 2.45) is 17.6 Å². The molecular weight excluding hydrogens is 208 g/mol. The molecule has 17 heavy (non-hydrogen) atoms. The molecule has 2 aliphatic carbocycles. The molecule has 0 radical (unpaired) electrons. The zero-order valence-corrected chi connectivity index (χ0v) is 11.9. The molecule has 0 bridgehead atoms. The van der Waals surface area contributed by atoms with Crippen LogP contribution in [0.1, 0.15) is 58.8 Å². The summed E-state index contributed by atoms with van der Waals surface area (Å²) in [6, 6.07) is 0.844. The molecule has 0 aliphatic heterocycles. The molecule has 2 fully saturated rings. The van der Waals surface area contributed by atoms with Crippen molar-refractivity contribution in [3.8, 4) is 0 Å². The van der Waals surface area contributed by atoms with Gasteiger partial charge in [0.15, 0.2) is 0 Å². The molecule has 2 nitrogen and oxygen atoms in total. The summed E-state index contributed by atoms with van der Waals surface area (Å²) in [5.41, 5.74) is 6.49. The lowest BCUT2D eigenvalue weighted by molar-refractivity contribution is 0.0459. The van der Waals surface area contributed by atoms with Crippen LogP contribution in [0.15, 0.2) is 0 Å². The zero-order chi connectivity index (χ0) is 12.5. The molecule has 2 unspecified atom stereocenters. The third-order valence-corrected chi connectivity index (χ3v) is 4.95. The van der Waals surface area contributed by atoms with E-state index in [4.69, 9.17) is 5.73 Å². The van der Waals surface area contributed by atoms with Gasteiger partial charge in [0.2, 0.25) is 0 Å². The van der Waals surface area contributed by atoms with Gasteiger partial charge in [-0.05, 0) is 51.0 Å². The Morgan fingerprint density at radius 3 is 2.53 bits per heavy atom. The molecule has 0 aromatic rings. The highest BCUT2D eigenvalue weighted by atomic mass is 15.2. The van der Waals surface area contributed by atoms with Gasteiger partial charge in [-0.15, -0.1) is 0 Å². The van der Waals surface area contributed by atoms with E-state index in [0.29, 0.717) is 5.54 Å². The largest absolute Gasteiger partial charge is 0.329 e. The molecule has 0 aromatic carbocycles. The van der Waals surface area contributed by atoms with E-state index in [1.54, 1.807) is 0 Å². The van der Waals surface area contributed by atoms with Crippen molar-refractivity contribution in [3.63, 3.8) is 0 Å². The van der Waals surface area contributed by atoms with Crippen LogP contribution in [0.3, 0.4) is 0 Å². The molecule has 2 aliphatic rings. The van der Waals surface area contributed by atoms with Crippen LogP contribution in [-0.4, -0.2) is 30.1 Å². The van der Waals surface area contributed by atoms with E-state index in [1.807, 2.05) is 0 Å². The lowest BCUT2D eigenvalue weighted by Crippen LogP contribution is -2.55. The molecule has 2 atom stereocenters. The van der Waals surface area contributed by atoms with Gasteiger partial charge in [0.25, 0.3) is 0 Å². The predicted molar refractivity (Wildman–Crippen MR) is 74.0 cm³/mol. The number of nitrogens with zero attached hydrogens (tertiary/aromatic N) is 1. The van der Waals surface area contributed by atoms with Crippen LogP contribution in [0.25, 0.3) is 0 Å². The molecule has 0 spiro atoms. The van der Waals surface area contributed by atoms with E-state index < -0.39 is 0 Å². The van der Waals surface area contributed by atoms with Gasteiger partial charge in [-0.3, -0.25) is 4.90 Å². The van der Waals surface area contributed by atoms with Crippen LogP contribution in [-0.2, 0) is 0 Å². The van der Waals surface area contributed by atoms with Crippen molar-refractivity contribution in [1.29, 1.82) is 0 Å². The van der Waals surface area contributed by atoms with Crippen molar-refractivity contribution in [1.82, 2.24) is 4.90 Å². The van der Waals surface area contributed by atoms with Gasteiger partial charge in [-0.1, -0.05) is 26.7 Å². The first-order valence-electron chi connectivity index (χ1n) is 7.50. The van der Waals surface area contributed by atoms with E-state index >= 15 is 0 Å². The third-order valence-electron chi connectivity index (χ3n) is 4.95. The number of likely N-dealkylation sites (N-methyl/N-ethyl adjacent to an activating group) is 1. The van der Waals surface area contributed by atoms with Crippen LogP contribution in [0.2, 0.25) is 0 Å². The highest BCUT2D eigenvalue weighted by Gasteiger charge is 2.43. The van der Waals surface area contributed by atoms with E-state index in [9.17, 15) is 0 Å². The second-order valence-corrected chi connectivity index (χ2v) is 6.86. The van der Waals surface area contributed by atoms with Crippen molar-refractivity contribution >= 4 is 0 Å². The average molecular weight is 238 g/mol. The average Bonchev–Trinajstić information content (AvgIpc) is 3.11. The number of nitrogens with two attached hydrogens (primary N) is 1. The highest BCUT2D eigenvalue weighted by Crippen LogP contribution is 2.42. The second-order valence-electron chi connectivity index (χ2n) is 6.86. The molecule has 2 N–H and O–H groups in total. The van der Waals surface area contributed by atoms with Gasteiger partial charge < -0.3 is 5.73 Å². The molecule has 2 saturated carbocycles. The van der Waals surface area contributed by atoms with Crippen molar-refractivity contribution < 1.29 is 0 Å². The fraction of sp³-hybridized carbons (Fsp3) is 1.00. The lowest BCUT2D eigenvalue weighted by Gasteiger charge is -2.47. The van der Waals surface area contributed by atoms with Gasteiger partial charge >= 0.3 is 0 Å². The standard InChI is InChI=1S/C15H30N2/c1-12(2)9-13-5-4-8-15(10-13,11-16)17(3)14-6-7-14/h12-14H,4-11,16H2,1-3H3. The minimum absolute atomic E-state index is 0.332. The Kier molecular flexibility index (Phi) is 4.14. The lowest BCUT2D eigenvalue weighted by atomic mass is 9.72. The number of hydrogen-bond acceptors (Lipinski definition) is 2. The molecular formula is C15H30N2. The number of rotatable bonds is 5. The highest BCUT2D eigenvalue weighted by molar-refractivity contribution is 5.00. The maximum Gasteiger partial charge on any atom is 0.0334 e. The zero-order valence-electron chi connectivity index (χ0n) is 11.9. The molecule has 0 saturated heterocycles. The first-order valence-corrected chi connectivity index (χ1v) is 7.50. The third kappa shape index (κ3) is 3.03. The Balaban J connectivity index is 2.00. The topological polar surface area (TPSA) is 29.3 Å². The first-order chi connectivity index (χ1) is 8.07. The van der Waals surface area contributed by atoms with Gasteiger partial charge in [-0.2, -0.15) is 0 Å². The van der Waals surface area contributed by atoms with Crippen LogP contribution >= 0.6 is 0 Å². The minimum atomic E-state index is 0.332. The smallest absolute Gasteiger partial charge is 0.0334 e. The van der Waals surface area contributed by atoms with Gasteiger partial charge in [-0.25, -0.2) is 0 Å². The van der Waals surface area contributed by atoms with Crippen LogP contribution in [0.5, 0.6) is 0 Å². The van der Waals surface area contributed by atoms with E-state index in [-0.39, 0.29) is 0 Å². The Labute approximate surface area is 107 Å². The summed E-state index contributed by atoms with van der Waals surface area (Å²) in [6.45, 7) is 5.56. The Bertz CT molecular complexity index is 247. The van der Waals surface area contributed by atoms with Crippen molar-refractivity contribution in [3.05, 3.63) is 0 Å². The summed E-state index contributed by atoms with van der Waals surface area (Å²) in [4.78, 5) is 2.64. The predicted octanol–water partition coefficient (Wildman–Crippen LogP) is 3.01. The molecule has 0 amide bonds. The summed E-state index contributed by atoms with van der Waals surface area (Å²) >= 11 is 0. The van der Waals surface area contributed by atoms with E-state index in [1.165, 1.54) is 44.9 Å². The fourth-order valence-corrected chi connectivity index (χ4v) is 3.83. The Morgan fingerprint density at radius 1 is 1.29 bits per heavy atom. The summed E-state index contributed by atoms with van der Waals surface area (Å²) in [5, 5.41) is 0. The summed E-state index contributed by atoms with van der Waals surface area (Å²) < 4.78 is 0. The maximum atomic E-state index is 6.16. The second kappa shape index (κ2) is 5.27. The fourth-order valence-electron chi connectivity index (χ4n) is 3.83.